The summed E-state index contributed by atoms with van der Waals surface area (Å²) in [7, 11) is -3.70. The second-order valence-electron chi connectivity index (χ2n) is 5.34. The molecule has 1 aliphatic heterocycles. The van der Waals surface area contributed by atoms with Gasteiger partial charge in [-0.25, -0.2) is 4.72 Å². The number of ether oxygens (including phenoxy) is 1. The highest BCUT2D eigenvalue weighted by atomic mass is 32.2. The van der Waals surface area contributed by atoms with Gasteiger partial charge in [0, 0.05) is 18.6 Å². The first-order valence-electron chi connectivity index (χ1n) is 6.39. The highest BCUT2D eigenvalue weighted by molar-refractivity contribution is 7.87. The van der Waals surface area contributed by atoms with Crippen LogP contribution in [-0.2, 0) is 19.7 Å². The van der Waals surface area contributed by atoms with E-state index in [1.807, 2.05) is 0 Å². The number of esters is 1. The van der Waals surface area contributed by atoms with Crippen LogP contribution < -0.4 is 10.5 Å². The molecule has 8 heteroatoms. The molecule has 1 atom stereocenters. The first-order valence-corrected chi connectivity index (χ1v) is 7.83. The van der Waals surface area contributed by atoms with Gasteiger partial charge in [0.25, 0.3) is 10.2 Å². The van der Waals surface area contributed by atoms with Crippen LogP contribution in [0.15, 0.2) is 0 Å². The molecule has 0 radical (unpaired) electrons. The van der Waals surface area contributed by atoms with Gasteiger partial charge in [-0.15, -0.1) is 0 Å². The summed E-state index contributed by atoms with van der Waals surface area (Å²) in [6, 6.07) is -0.724. The first-order chi connectivity index (χ1) is 8.67. The van der Waals surface area contributed by atoms with Gasteiger partial charge in [0.05, 0.1) is 6.61 Å². The van der Waals surface area contributed by atoms with Crippen molar-refractivity contribution in [2.75, 3.05) is 19.7 Å². The molecule has 0 aromatic rings. The van der Waals surface area contributed by atoms with Gasteiger partial charge >= 0.3 is 5.97 Å². The summed E-state index contributed by atoms with van der Waals surface area (Å²) in [6.45, 7) is 5.82. The molecule has 0 aromatic carbocycles. The van der Waals surface area contributed by atoms with E-state index in [-0.39, 0.29) is 13.2 Å². The maximum Gasteiger partial charge on any atom is 0.324 e. The molecule has 7 nitrogen and oxygen atoms in total. The lowest BCUT2D eigenvalue weighted by molar-refractivity contribution is -0.146. The second-order valence-corrected chi connectivity index (χ2v) is 7.04. The summed E-state index contributed by atoms with van der Waals surface area (Å²) in [5.74, 6) is -0.489. The minimum atomic E-state index is -3.70. The number of carbonyl (C=O) groups is 1. The molecule has 0 aliphatic carbocycles. The third kappa shape index (κ3) is 4.72. The summed E-state index contributed by atoms with van der Waals surface area (Å²) in [5, 5.41) is 0. The van der Waals surface area contributed by atoms with E-state index in [9.17, 15) is 13.2 Å². The zero-order valence-corrected chi connectivity index (χ0v) is 12.5. The monoisotopic (exact) mass is 293 g/mol. The van der Waals surface area contributed by atoms with E-state index in [2.05, 4.69) is 4.72 Å². The number of rotatable bonds is 6. The molecule has 0 spiro atoms. The Morgan fingerprint density at radius 2 is 2.16 bits per heavy atom. The molecule has 0 bridgehead atoms. The SMILES string of the molecule is CCOC(=O)C1CCCN1S(=O)(=O)NCC(C)(C)N. The number of nitrogens with one attached hydrogen (secondary N) is 1. The Morgan fingerprint density at radius 1 is 1.53 bits per heavy atom. The lowest BCUT2D eigenvalue weighted by Crippen LogP contribution is -2.52. The molecule has 1 heterocycles. The lowest BCUT2D eigenvalue weighted by atomic mass is 10.1. The van der Waals surface area contributed by atoms with Crippen molar-refractivity contribution in [1.82, 2.24) is 9.03 Å². The molecule has 1 saturated heterocycles. The van der Waals surface area contributed by atoms with E-state index in [0.717, 1.165) is 4.31 Å². The molecule has 0 aromatic heterocycles. The fourth-order valence-corrected chi connectivity index (χ4v) is 3.48. The maximum absolute atomic E-state index is 12.2. The molecule has 112 valence electrons. The predicted octanol–water partition coefficient (Wildman–Crippen LogP) is -0.414. The van der Waals surface area contributed by atoms with Crippen LogP contribution in [0.25, 0.3) is 0 Å². The van der Waals surface area contributed by atoms with Crippen molar-refractivity contribution >= 4 is 16.2 Å². The van der Waals surface area contributed by atoms with Gasteiger partial charge in [-0.05, 0) is 33.6 Å². The number of hydrogen-bond donors (Lipinski definition) is 2. The molecule has 1 unspecified atom stereocenters. The minimum Gasteiger partial charge on any atom is -0.465 e. The molecular weight excluding hydrogens is 270 g/mol. The van der Waals surface area contributed by atoms with E-state index in [1.54, 1.807) is 20.8 Å². The van der Waals surface area contributed by atoms with Crippen LogP contribution >= 0.6 is 0 Å². The van der Waals surface area contributed by atoms with E-state index in [0.29, 0.717) is 19.4 Å². The molecular formula is C11H23N3O4S. The first kappa shape index (κ1) is 16.4. The topological polar surface area (TPSA) is 102 Å². The highest BCUT2D eigenvalue weighted by Crippen LogP contribution is 2.21. The largest absolute Gasteiger partial charge is 0.465 e. The van der Waals surface area contributed by atoms with Gasteiger partial charge in [-0.1, -0.05) is 0 Å². The van der Waals surface area contributed by atoms with Crippen LogP contribution in [0, 0.1) is 0 Å². The zero-order valence-electron chi connectivity index (χ0n) is 11.7. The maximum atomic E-state index is 12.2. The van der Waals surface area contributed by atoms with E-state index in [1.165, 1.54) is 0 Å². The third-order valence-corrected chi connectivity index (χ3v) is 4.34. The fourth-order valence-electron chi connectivity index (χ4n) is 1.86. The minimum absolute atomic E-state index is 0.112. The average molecular weight is 293 g/mol. The number of nitrogens with zero attached hydrogens (tertiary/aromatic N) is 1. The van der Waals surface area contributed by atoms with Gasteiger partial charge in [-0.3, -0.25) is 4.79 Å². The Hall–Kier alpha value is -0.700. The van der Waals surface area contributed by atoms with Crippen LogP contribution in [-0.4, -0.2) is 50.0 Å². The van der Waals surface area contributed by atoms with Crippen LogP contribution in [0.5, 0.6) is 0 Å². The highest BCUT2D eigenvalue weighted by Gasteiger charge is 2.39. The van der Waals surface area contributed by atoms with E-state index >= 15 is 0 Å². The average Bonchev–Trinajstić information content (AvgIpc) is 2.75. The van der Waals surface area contributed by atoms with Gasteiger partial charge in [0.15, 0.2) is 0 Å². The van der Waals surface area contributed by atoms with Crippen LogP contribution in [0.3, 0.4) is 0 Å². The van der Waals surface area contributed by atoms with Crippen molar-refractivity contribution < 1.29 is 17.9 Å². The molecule has 1 rings (SSSR count). The van der Waals surface area contributed by atoms with Crippen LogP contribution in [0.1, 0.15) is 33.6 Å². The fraction of sp³-hybridized carbons (Fsp3) is 0.909. The predicted molar refractivity (Wildman–Crippen MR) is 71.5 cm³/mol. The summed E-state index contributed by atoms with van der Waals surface area (Å²) < 4.78 is 32.8. The van der Waals surface area contributed by atoms with Crippen molar-refractivity contribution in [2.45, 2.75) is 45.2 Å². The summed E-state index contributed by atoms with van der Waals surface area (Å²) >= 11 is 0. The Labute approximate surface area is 114 Å². The van der Waals surface area contributed by atoms with Crippen LogP contribution in [0.2, 0.25) is 0 Å². The van der Waals surface area contributed by atoms with Gasteiger partial charge in [-0.2, -0.15) is 12.7 Å². The van der Waals surface area contributed by atoms with Crippen molar-refractivity contribution in [1.29, 1.82) is 0 Å². The molecule has 3 N–H and O–H groups in total. The van der Waals surface area contributed by atoms with Crippen molar-refractivity contribution in [3.8, 4) is 0 Å². The smallest absolute Gasteiger partial charge is 0.324 e. The Morgan fingerprint density at radius 3 is 2.68 bits per heavy atom. The molecule has 19 heavy (non-hydrogen) atoms. The quantitative estimate of drug-likeness (QED) is 0.648. The lowest BCUT2D eigenvalue weighted by Gasteiger charge is -2.25. The van der Waals surface area contributed by atoms with Gasteiger partial charge in [0.1, 0.15) is 6.04 Å². The second kappa shape index (κ2) is 6.17. The standard InChI is InChI=1S/C11H23N3O4S/c1-4-18-10(15)9-6-5-7-14(9)19(16,17)13-8-11(2,3)12/h9,13H,4-8,12H2,1-3H3. The normalized spacial score (nSPS) is 21.6. The summed E-state index contributed by atoms with van der Waals surface area (Å²) in [6.07, 6.45) is 1.14. The molecule has 1 aliphatic rings. The van der Waals surface area contributed by atoms with Crippen molar-refractivity contribution in [3.63, 3.8) is 0 Å². The summed E-state index contributed by atoms with van der Waals surface area (Å²) in [5.41, 5.74) is 5.10. The zero-order chi connectivity index (χ0) is 14.7. The van der Waals surface area contributed by atoms with Gasteiger partial charge < -0.3 is 10.5 Å². The van der Waals surface area contributed by atoms with E-state index in [4.69, 9.17) is 10.5 Å². The van der Waals surface area contributed by atoms with E-state index < -0.39 is 27.8 Å². The van der Waals surface area contributed by atoms with Gasteiger partial charge in [0.2, 0.25) is 0 Å². The number of hydrogen-bond acceptors (Lipinski definition) is 5. The Balaban J connectivity index is 2.73. The Bertz CT molecular complexity index is 416. The van der Waals surface area contributed by atoms with Crippen molar-refractivity contribution in [3.05, 3.63) is 0 Å². The van der Waals surface area contributed by atoms with Crippen molar-refractivity contribution in [2.24, 2.45) is 5.73 Å². The molecule has 0 amide bonds. The molecule has 1 fully saturated rings. The molecule has 0 saturated carbocycles. The number of carbonyl (C=O) groups excluding carboxylic acids is 1. The summed E-state index contributed by atoms with van der Waals surface area (Å²) in [4.78, 5) is 11.7. The third-order valence-electron chi connectivity index (χ3n) is 2.78. The van der Waals surface area contributed by atoms with Crippen LogP contribution in [0.4, 0.5) is 0 Å². The Kier molecular flexibility index (Phi) is 5.31. The number of nitrogens with two attached hydrogens (primary N) is 1.